The van der Waals surface area contributed by atoms with E-state index >= 15 is 0 Å². The second-order valence-electron chi connectivity index (χ2n) is 6.07. The van der Waals surface area contributed by atoms with Gasteiger partial charge < -0.3 is 9.84 Å². The average Bonchev–Trinajstić information content (AvgIpc) is 2.52. The van der Waals surface area contributed by atoms with Crippen LogP contribution in [-0.4, -0.2) is 12.2 Å². The van der Waals surface area contributed by atoms with E-state index in [0.29, 0.717) is 10.9 Å². The Labute approximate surface area is 152 Å². The summed E-state index contributed by atoms with van der Waals surface area (Å²) in [5.74, 6) is -2.27. The summed E-state index contributed by atoms with van der Waals surface area (Å²) in [5, 5.41) is 10.8. The van der Waals surface area contributed by atoms with Crippen LogP contribution >= 0.6 is 9.24 Å². The number of aliphatic hydroxyl groups is 1. The molecule has 0 spiro atoms. The molecule has 2 aromatic rings. The molecular weight excluding hydrogens is 360 g/mol. The Bertz CT molecular complexity index is 914. The highest BCUT2D eigenvalue weighted by atomic mass is 31.0. The van der Waals surface area contributed by atoms with Crippen LogP contribution in [0.3, 0.4) is 0 Å². The standard InChI is InChI=1S/C20H18F3O2P/c1-25-17-8-7-15(22)19(20(17)23)14(10-16(24)11-3-2-4-11)13-6-5-12(21)9-18(13)26/h5-10,24H,2-4,26H2,1H3/b14-10-. The highest BCUT2D eigenvalue weighted by molar-refractivity contribution is 7.27. The molecule has 0 aliphatic heterocycles. The van der Waals surface area contributed by atoms with Gasteiger partial charge in [0.2, 0.25) is 0 Å². The van der Waals surface area contributed by atoms with Gasteiger partial charge in [0.15, 0.2) is 11.6 Å². The molecule has 0 saturated heterocycles. The molecule has 0 aromatic heterocycles. The lowest BCUT2D eigenvalue weighted by Gasteiger charge is -2.19. The zero-order valence-corrected chi connectivity index (χ0v) is 15.3. The zero-order valence-electron chi connectivity index (χ0n) is 14.2. The molecule has 1 aliphatic rings. The molecule has 1 unspecified atom stereocenters. The minimum Gasteiger partial charge on any atom is -0.508 e. The van der Waals surface area contributed by atoms with Gasteiger partial charge >= 0.3 is 0 Å². The highest BCUT2D eigenvalue weighted by Gasteiger charge is 2.22. The molecular formula is C20H18F3O2P. The first-order valence-electron chi connectivity index (χ1n) is 8.12. The number of halogens is 3. The Balaban J connectivity index is 2.27. The number of allylic oxidation sites excluding steroid dienone is 2. The molecule has 3 rings (SSSR count). The van der Waals surface area contributed by atoms with Crippen molar-refractivity contribution >= 4 is 20.1 Å². The number of aliphatic hydroxyl groups excluding tert-OH is 1. The van der Waals surface area contributed by atoms with E-state index in [4.69, 9.17) is 4.74 Å². The van der Waals surface area contributed by atoms with E-state index in [1.165, 1.54) is 37.5 Å². The lowest BCUT2D eigenvalue weighted by atomic mass is 9.89. The third-order valence-electron chi connectivity index (χ3n) is 4.45. The fourth-order valence-corrected chi connectivity index (χ4v) is 3.26. The number of methoxy groups -OCH3 is 1. The van der Waals surface area contributed by atoms with Crippen molar-refractivity contribution < 1.29 is 23.0 Å². The summed E-state index contributed by atoms with van der Waals surface area (Å²) in [6, 6.07) is 6.19. The van der Waals surface area contributed by atoms with E-state index in [1.807, 2.05) is 0 Å². The molecule has 2 nitrogen and oxygen atoms in total. The van der Waals surface area contributed by atoms with Crippen LogP contribution in [0.4, 0.5) is 13.2 Å². The van der Waals surface area contributed by atoms with Crippen LogP contribution in [-0.2, 0) is 0 Å². The predicted molar refractivity (Wildman–Crippen MR) is 99.2 cm³/mol. The molecule has 0 bridgehead atoms. The van der Waals surface area contributed by atoms with Gasteiger partial charge in [-0.2, -0.15) is 0 Å². The normalized spacial score (nSPS) is 14.2. The maximum absolute atomic E-state index is 14.8. The summed E-state index contributed by atoms with van der Waals surface area (Å²) < 4.78 is 47.8. The Morgan fingerprint density at radius 3 is 2.46 bits per heavy atom. The van der Waals surface area contributed by atoms with Crippen LogP contribution in [0, 0.1) is 17.5 Å². The van der Waals surface area contributed by atoms with Crippen LogP contribution in [0.1, 0.15) is 30.4 Å². The van der Waals surface area contributed by atoms with Gasteiger partial charge in [0.05, 0.1) is 12.7 Å². The van der Waals surface area contributed by atoms with Crippen molar-refractivity contribution in [2.45, 2.75) is 19.3 Å². The van der Waals surface area contributed by atoms with E-state index in [-0.39, 0.29) is 22.6 Å². The summed E-state index contributed by atoms with van der Waals surface area (Å²) in [6.07, 6.45) is 3.80. The number of benzene rings is 2. The lowest BCUT2D eigenvalue weighted by molar-refractivity contribution is 0.383. The van der Waals surface area contributed by atoms with Crippen LogP contribution in [0.15, 0.2) is 47.7 Å². The molecule has 6 heteroatoms. The number of hydrogen-bond donors (Lipinski definition) is 1. The monoisotopic (exact) mass is 378 g/mol. The van der Waals surface area contributed by atoms with Crippen molar-refractivity contribution in [3.8, 4) is 5.75 Å². The van der Waals surface area contributed by atoms with Gasteiger partial charge in [-0.25, -0.2) is 13.2 Å². The van der Waals surface area contributed by atoms with E-state index < -0.39 is 17.5 Å². The molecule has 1 aliphatic carbocycles. The molecule has 0 heterocycles. The highest BCUT2D eigenvalue weighted by Crippen LogP contribution is 2.35. The van der Waals surface area contributed by atoms with Gasteiger partial charge in [0.25, 0.3) is 0 Å². The average molecular weight is 378 g/mol. The fraction of sp³-hybridized carbons (Fsp3) is 0.200. The molecule has 1 saturated carbocycles. The van der Waals surface area contributed by atoms with E-state index in [2.05, 4.69) is 9.24 Å². The van der Waals surface area contributed by atoms with Crippen LogP contribution in [0.25, 0.3) is 5.57 Å². The summed E-state index contributed by atoms with van der Waals surface area (Å²) in [4.78, 5) is 0. The van der Waals surface area contributed by atoms with Gasteiger partial charge in [-0.05, 0) is 71.6 Å². The third kappa shape index (κ3) is 3.49. The molecule has 2 aromatic carbocycles. The van der Waals surface area contributed by atoms with Gasteiger partial charge in [-0.1, -0.05) is 6.07 Å². The summed E-state index contributed by atoms with van der Waals surface area (Å²) in [7, 11) is 3.64. The molecule has 0 amide bonds. The molecule has 1 N–H and O–H groups in total. The van der Waals surface area contributed by atoms with Crippen molar-refractivity contribution in [1.82, 2.24) is 0 Å². The Kier molecular flexibility index (Phi) is 5.38. The Morgan fingerprint density at radius 2 is 1.88 bits per heavy atom. The van der Waals surface area contributed by atoms with E-state index in [0.717, 1.165) is 30.9 Å². The minimum absolute atomic E-state index is 0.0124. The summed E-state index contributed by atoms with van der Waals surface area (Å²) >= 11 is 0. The first-order valence-corrected chi connectivity index (χ1v) is 8.70. The second kappa shape index (κ2) is 7.55. The Hall–Kier alpha value is -2.26. The molecule has 136 valence electrons. The molecule has 26 heavy (non-hydrogen) atoms. The van der Waals surface area contributed by atoms with Crippen molar-refractivity contribution in [2.75, 3.05) is 7.11 Å². The third-order valence-corrected chi connectivity index (χ3v) is 4.93. The van der Waals surface area contributed by atoms with E-state index in [9.17, 15) is 18.3 Å². The SMILES string of the molecule is COc1ccc(F)c(/C(=C\C(O)=C2CCC2)c2ccc(F)cc2P)c1F. The first-order chi connectivity index (χ1) is 12.4. The van der Waals surface area contributed by atoms with Crippen LogP contribution in [0.2, 0.25) is 0 Å². The van der Waals surface area contributed by atoms with Crippen molar-refractivity contribution in [1.29, 1.82) is 0 Å². The quantitative estimate of drug-likeness (QED) is 0.597. The summed E-state index contributed by atoms with van der Waals surface area (Å²) in [6.45, 7) is 0. The smallest absolute Gasteiger partial charge is 0.175 e. The Morgan fingerprint density at radius 1 is 1.15 bits per heavy atom. The van der Waals surface area contributed by atoms with Crippen molar-refractivity contribution in [3.63, 3.8) is 0 Å². The molecule has 1 fully saturated rings. The minimum atomic E-state index is -0.876. The second-order valence-corrected chi connectivity index (χ2v) is 6.69. The van der Waals surface area contributed by atoms with Gasteiger partial charge in [-0.15, -0.1) is 9.24 Å². The summed E-state index contributed by atoms with van der Waals surface area (Å²) in [5.41, 5.74) is 1.03. The lowest BCUT2D eigenvalue weighted by Crippen LogP contribution is -2.08. The van der Waals surface area contributed by atoms with Crippen LogP contribution < -0.4 is 10.0 Å². The van der Waals surface area contributed by atoms with Crippen molar-refractivity contribution in [2.24, 2.45) is 0 Å². The molecule has 0 radical (unpaired) electrons. The van der Waals surface area contributed by atoms with Gasteiger partial charge in [-0.3, -0.25) is 0 Å². The first kappa shape index (κ1) is 18.5. The van der Waals surface area contributed by atoms with Gasteiger partial charge in [0, 0.05) is 0 Å². The van der Waals surface area contributed by atoms with E-state index in [1.54, 1.807) is 0 Å². The number of ether oxygens (including phenoxy) is 1. The van der Waals surface area contributed by atoms with Crippen LogP contribution in [0.5, 0.6) is 5.75 Å². The fourth-order valence-electron chi connectivity index (χ4n) is 2.85. The zero-order chi connectivity index (χ0) is 18.8. The maximum atomic E-state index is 14.8. The van der Waals surface area contributed by atoms with Gasteiger partial charge in [0.1, 0.15) is 17.4 Å². The largest absolute Gasteiger partial charge is 0.508 e. The topological polar surface area (TPSA) is 29.5 Å². The maximum Gasteiger partial charge on any atom is 0.175 e. The molecule has 1 atom stereocenters. The van der Waals surface area contributed by atoms with Crippen molar-refractivity contribution in [3.05, 3.63) is 76.3 Å². The predicted octanol–water partition coefficient (Wildman–Crippen LogP) is 5.04. The number of rotatable bonds is 4. The number of hydrogen-bond acceptors (Lipinski definition) is 2.